The van der Waals surface area contributed by atoms with Gasteiger partial charge in [-0.15, -0.1) is 0 Å². The first-order chi connectivity index (χ1) is 28.7. The zero-order valence-electron chi connectivity index (χ0n) is 31.7. The van der Waals surface area contributed by atoms with Crippen LogP contribution in [0.25, 0.3) is 111 Å². The van der Waals surface area contributed by atoms with Gasteiger partial charge in [-0.05, 0) is 61.5 Å². The van der Waals surface area contributed by atoms with Gasteiger partial charge in [0.2, 0.25) is 0 Å². The SMILES string of the molecule is C=C/C=C\C=C(/C)n1c2ccccc2c2c3oc4c(ccc5c4c4ccccc4n5-c4ccccc4-c4nc(-c5ccccc5)nc(-c5ccccc5)n4)c3ccc21. The second-order valence-corrected chi connectivity index (χ2v) is 14.5. The molecule has 7 aromatic carbocycles. The van der Waals surface area contributed by atoms with E-state index in [1.54, 1.807) is 6.08 Å². The molecular formula is C52H35N5O. The quantitative estimate of drug-likeness (QED) is 0.152. The fraction of sp³-hybridized carbons (Fsp3) is 0.0192. The highest BCUT2D eigenvalue weighted by atomic mass is 16.3. The number of aromatic nitrogens is 5. The van der Waals surface area contributed by atoms with Crippen LogP contribution < -0.4 is 0 Å². The zero-order chi connectivity index (χ0) is 38.7. The summed E-state index contributed by atoms with van der Waals surface area (Å²) < 4.78 is 11.8. The molecule has 4 aromatic heterocycles. The maximum Gasteiger partial charge on any atom is 0.166 e. The number of nitrogens with zero attached hydrogens (tertiary/aromatic N) is 5. The van der Waals surface area contributed by atoms with Crippen molar-refractivity contribution < 1.29 is 4.42 Å². The monoisotopic (exact) mass is 745 g/mol. The molecule has 0 atom stereocenters. The number of hydrogen-bond acceptors (Lipinski definition) is 4. The van der Waals surface area contributed by atoms with Gasteiger partial charge in [-0.1, -0.05) is 134 Å². The number of para-hydroxylation sites is 3. The molecule has 4 heterocycles. The Morgan fingerprint density at radius 1 is 0.500 bits per heavy atom. The molecule has 0 unspecified atom stereocenters. The van der Waals surface area contributed by atoms with E-state index in [0.29, 0.717) is 17.5 Å². The standard InChI is InChI=1S/C52H35N5O/c1-3-4-7-18-33(2)56-41-26-15-12-23-38(41)46-44(56)31-29-36-37-30-32-45-47(49(37)58-48(36)46)39-24-13-16-27-42(39)57(45)43-28-17-14-25-40(43)52-54-50(34-19-8-5-9-20-34)53-51(55-52)35-21-10-6-11-22-35/h3-32H,1H2,2H3/b7-4-,33-18+. The summed E-state index contributed by atoms with van der Waals surface area (Å²) in [6.07, 6.45) is 7.89. The van der Waals surface area contributed by atoms with E-state index in [1.807, 2.05) is 78.9 Å². The maximum absolute atomic E-state index is 7.17. The Balaban J connectivity index is 1.18. The Morgan fingerprint density at radius 3 is 1.71 bits per heavy atom. The molecular weight excluding hydrogens is 711 g/mol. The molecule has 0 N–H and O–H groups in total. The molecule has 0 aliphatic carbocycles. The van der Waals surface area contributed by atoms with Gasteiger partial charge in [0, 0.05) is 43.9 Å². The van der Waals surface area contributed by atoms with Crippen molar-refractivity contribution in [2.75, 3.05) is 0 Å². The Bertz CT molecular complexity index is 3420. The molecule has 11 rings (SSSR count). The first-order valence-electron chi connectivity index (χ1n) is 19.4. The van der Waals surface area contributed by atoms with Gasteiger partial charge in [0.1, 0.15) is 11.2 Å². The molecule has 274 valence electrons. The van der Waals surface area contributed by atoms with E-state index >= 15 is 0 Å². The van der Waals surface area contributed by atoms with Crippen LogP contribution in [0.4, 0.5) is 0 Å². The second kappa shape index (κ2) is 13.4. The van der Waals surface area contributed by atoms with Gasteiger partial charge >= 0.3 is 0 Å². The Morgan fingerprint density at radius 2 is 1.03 bits per heavy atom. The summed E-state index contributed by atoms with van der Waals surface area (Å²) >= 11 is 0. The maximum atomic E-state index is 7.17. The molecule has 58 heavy (non-hydrogen) atoms. The minimum atomic E-state index is 0.599. The normalized spacial score (nSPS) is 12.3. The summed E-state index contributed by atoms with van der Waals surface area (Å²) in [7, 11) is 0. The van der Waals surface area contributed by atoms with Crippen molar-refractivity contribution in [1.82, 2.24) is 24.1 Å². The molecule has 6 nitrogen and oxygen atoms in total. The fourth-order valence-corrected chi connectivity index (χ4v) is 8.57. The van der Waals surface area contributed by atoms with Crippen molar-refractivity contribution in [1.29, 1.82) is 0 Å². The topological polar surface area (TPSA) is 61.7 Å². The van der Waals surface area contributed by atoms with E-state index in [2.05, 4.69) is 120 Å². The van der Waals surface area contributed by atoms with E-state index in [1.165, 1.54) is 0 Å². The van der Waals surface area contributed by atoms with Crippen LogP contribution in [0.2, 0.25) is 0 Å². The third kappa shape index (κ3) is 5.16. The minimum absolute atomic E-state index is 0.599. The molecule has 0 aliphatic heterocycles. The van der Waals surface area contributed by atoms with Crippen LogP contribution in [0.15, 0.2) is 193 Å². The predicted molar refractivity (Wildman–Crippen MR) is 240 cm³/mol. The highest BCUT2D eigenvalue weighted by Gasteiger charge is 2.24. The molecule has 11 aromatic rings. The Kier molecular flexibility index (Phi) is 7.76. The first kappa shape index (κ1) is 33.5. The van der Waals surface area contributed by atoms with Gasteiger partial charge in [0.05, 0.1) is 38.5 Å². The third-order valence-corrected chi connectivity index (χ3v) is 11.1. The smallest absolute Gasteiger partial charge is 0.166 e. The van der Waals surface area contributed by atoms with E-state index in [4.69, 9.17) is 19.4 Å². The van der Waals surface area contributed by atoms with Gasteiger partial charge < -0.3 is 13.6 Å². The summed E-state index contributed by atoms with van der Waals surface area (Å²) in [6.45, 7) is 5.97. The average Bonchev–Trinajstić information content (AvgIpc) is 3.94. The van der Waals surface area contributed by atoms with Crippen molar-refractivity contribution in [3.8, 4) is 39.9 Å². The summed E-state index contributed by atoms with van der Waals surface area (Å²) in [5.74, 6) is 1.84. The van der Waals surface area contributed by atoms with Gasteiger partial charge in [-0.25, -0.2) is 15.0 Å². The summed E-state index contributed by atoms with van der Waals surface area (Å²) in [6, 6.07) is 54.6. The lowest BCUT2D eigenvalue weighted by Gasteiger charge is -2.14. The van der Waals surface area contributed by atoms with E-state index in [0.717, 1.165) is 93.6 Å². The van der Waals surface area contributed by atoms with Crippen molar-refractivity contribution >= 4 is 71.2 Å². The van der Waals surface area contributed by atoms with Gasteiger partial charge in [0.15, 0.2) is 17.5 Å². The molecule has 6 heteroatoms. The van der Waals surface area contributed by atoms with Gasteiger partial charge in [-0.3, -0.25) is 0 Å². The molecule has 0 radical (unpaired) electrons. The number of hydrogen-bond donors (Lipinski definition) is 0. The molecule has 0 amide bonds. The van der Waals surface area contributed by atoms with E-state index in [-0.39, 0.29) is 0 Å². The molecule has 0 fully saturated rings. The number of furan rings is 1. The lowest BCUT2D eigenvalue weighted by Crippen LogP contribution is -2.03. The lowest BCUT2D eigenvalue weighted by atomic mass is 10.1. The molecule has 0 aliphatic rings. The fourth-order valence-electron chi connectivity index (χ4n) is 8.57. The largest absolute Gasteiger partial charge is 0.455 e. The zero-order valence-corrected chi connectivity index (χ0v) is 31.7. The third-order valence-electron chi connectivity index (χ3n) is 11.1. The summed E-state index contributed by atoms with van der Waals surface area (Å²) in [4.78, 5) is 15.2. The molecule has 0 saturated heterocycles. The van der Waals surface area contributed by atoms with Crippen molar-refractivity contribution in [3.63, 3.8) is 0 Å². The minimum Gasteiger partial charge on any atom is -0.455 e. The highest BCUT2D eigenvalue weighted by Crippen LogP contribution is 2.45. The average molecular weight is 746 g/mol. The summed E-state index contributed by atoms with van der Waals surface area (Å²) in [5, 5.41) is 6.59. The van der Waals surface area contributed by atoms with Crippen LogP contribution in [-0.2, 0) is 0 Å². The number of rotatable bonds is 7. The van der Waals surface area contributed by atoms with Gasteiger partial charge in [-0.2, -0.15) is 0 Å². The highest BCUT2D eigenvalue weighted by molar-refractivity contribution is 6.29. The van der Waals surface area contributed by atoms with Crippen LogP contribution in [0, 0.1) is 0 Å². The molecule has 0 saturated carbocycles. The number of fused-ring (bicyclic) bond motifs is 11. The first-order valence-corrected chi connectivity index (χ1v) is 19.4. The molecule has 0 spiro atoms. The number of benzene rings is 7. The Labute approximate surface area is 334 Å². The van der Waals surface area contributed by atoms with Crippen molar-refractivity contribution in [3.05, 3.63) is 189 Å². The van der Waals surface area contributed by atoms with Crippen LogP contribution in [-0.4, -0.2) is 24.1 Å². The van der Waals surface area contributed by atoms with Crippen LogP contribution in [0.3, 0.4) is 0 Å². The van der Waals surface area contributed by atoms with E-state index < -0.39 is 0 Å². The Hall–Kier alpha value is -7.83. The number of allylic oxidation sites excluding steroid dienone is 5. The van der Waals surface area contributed by atoms with Crippen LogP contribution in [0.5, 0.6) is 0 Å². The predicted octanol–water partition coefficient (Wildman–Crippen LogP) is 13.6. The van der Waals surface area contributed by atoms with Crippen molar-refractivity contribution in [2.24, 2.45) is 0 Å². The van der Waals surface area contributed by atoms with Gasteiger partial charge in [0.25, 0.3) is 0 Å². The van der Waals surface area contributed by atoms with Crippen LogP contribution in [0.1, 0.15) is 6.92 Å². The molecule has 0 bridgehead atoms. The lowest BCUT2D eigenvalue weighted by molar-refractivity contribution is 0.677. The summed E-state index contributed by atoms with van der Waals surface area (Å²) in [5.41, 5.74) is 10.9. The van der Waals surface area contributed by atoms with E-state index in [9.17, 15) is 0 Å². The second-order valence-electron chi connectivity index (χ2n) is 14.5. The van der Waals surface area contributed by atoms with Crippen molar-refractivity contribution in [2.45, 2.75) is 6.92 Å². The van der Waals surface area contributed by atoms with Crippen LogP contribution >= 0.6 is 0 Å².